The third kappa shape index (κ3) is 15.8. The Balaban J connectivity index is 0.000000247. The van der Waals surface area contributed by atoms with Gasteiger partial charge in [0.2, 0.25) is 0 Å². The van der Waals surface area contributed by atoms with Gasteiger partial charge < -0.3 is 0 Å². The fourth-order valence-electron chi connectivity index (χ4n) is 7.92. The van der Waals surface area contributed by atoms with Crippen LogP contribution >= 0.6 is 33.7 Å². The Hall–Kier alpha value is 0.160. The molecule has 2 aromatic rings. The number of benzene rings is 2. The van der Waals surface area contributed by atoms with Crippen LogP contribution in [-0.2, 0) is 0 Å². The molecule has 3 aliphatic rings. The minimum atomic E-state index is -0.169. The molecular formula is C42H74P4. The lowest BCUT2D eigenvalue weighted by Gasteiger charge is -2.31. The van der Waals surface area contributed by atoms with E-state index in [0.717, 1.165) is 17.0 Å². The molecule has 0 radical (unpaired) electrons. The van der Waals surface area contributed by atoms with Gasteiger partial charge in [0.15, 0.2) is 0 Å². The normalized spacial score (nSPS) is 18.0. The zero-order chi connectivity index (χ0) is 32.0. The van der Waals surface area contributed by atoms with Crippen molar-refractivity contribution < 1.29 is 0 Å². The van der Waals surface area contributed by atoms with E-state index in [1.165, 1.54) is 109 Å². The second kappa shape index (κ2) is 27.0. The SMILES string of the molecule is CCCCP(CCCC)C1CCCCC1.CCP(CC)C1CCCCC1.P.c1ccc(P(c2ccccc2)C2CCCCC2)cc1. The molecule has 0 amide bonds. The molecule has 0 nitrogen and oxygen atoms in total. The Bertz CT molecular complexity index is 881. The highest BCUT2D eigenvalue weighted by molar-refractivity contribution is 7.73. The third-order valence-electron chi connectivity index (χ3n) is 10.6. The van der Waals surface area contributed by atoms with Crippen LogP contribution in [0.1, 0.15) is 150 Å². The van der Waals surface area contributed by atoms with Crippen molar-refractivity contribution in [2.75, 3.05) is 24.6 Å². The monoisotopic (exact) mass is 702 g/mol. The first-order valence-corrected chi connectivity index (χ1v) is 24.6. The molecule has 5 rings (SSSR count). The maximum atomic E-state index is 2.38. The van der Waals surface area contributed by atoms with Gasteiger partial charge in [-0.2, -0.15) is 9.90 Å². The van der Waals surface area contributed by atoms with Crippen LogP contribution in [0.4, 0.5) is 0 Å². The molecule has 0 N–H and O–H groups in total. The van der Waals surface area contributed by atoms with Crippen LogP contribution in [0.5, 0.6) is 0 Å². The average molecular weight is 703 g/mol. The molecule has 0 heterocycles. The van der Waals surface area contributed by atoms with Crippen molar-refractivity contribution in [3.63, 3.8) is 0 Å². The van der Waals surface area contributed by atoms with Crippen molar-refractivity contribution in [1.29, 1.82) is 0 Å². The van der Waals surface area contributed by atoms with Gasteiger partial charge in [0.1, 0.15) is 0 Å². The smallest absolute Gasteiger partial charge is 0.0129 e. The van der Waals surface area contributed by atoms with Gasteiger partial charge in [0.25, 0.3) is 0 Å². The predicted octanol–water partition coefficient (Wildman–Crippen LogP) is 13.8. The Morgan fingerprint density at radius 1 is 0.457 bits per heavy atom. The Morgan fingerprint density at radius 2 is 0.804 bits per heavy atom. The lowest BCUT2D eigenvalue weighted by atomic mass is 10.0. The minimum absolute atomic E-state index is 0. The summed E-state index contributed by atoms with van der Waals surface area (Å²) in [7, 11) is 0.666. The summed E-state index contributed by atoms with van der Waals surface area (Å²) in [5.74, 6) is 0. The van der Waals surface area contributed by atoms with Crippen molar-refractivity contribution in [2.24, 2.45) is 0 Å². The summed E-state index contributed by atoms with van der Waals surface area (Å²) >= 11 is 0. The molecular weight excluding hydrogens is 628 g/mol. The van der Waals surface area contributed by atoms with Crippen LogP contribution in [0.15, 0.2) is 60.7 Å². The molecule has 4 heteroatoms. The number of rotatable bonds is 13. The molecule has 0 aromatic heterocycles. The van der Waals surface area contributed by atoms with Gasteiger partial charge in [0, 0.05) is 0 Å². The highest BCUT2D eigenvalue weighted by atomic mass is 31.1. The lowest BCUT2D eigenvalue weighted by Crippen LogP contribution is -2.23. The zero-order valence-corrected chi connectivity index (χ0v) is 34.9. The maximum Gasteiger partial charge on any atom is -0.0129 e. The second-order valence-corrected chi connectivity index (χ2v) is 22.4. The van der Waals surface area contributed by atoms with Crippen molar-refractivity contribution >= 4 is 44.3 Å². The van der Waals surface area contributed by atoms with E-state index in [2.05, 4.69) is 88.4 Å². The number of hydrogen-bond donors (Lipinski definition) is 0. The van der Waals surface area contributed by atoms with Gasteiger partial charge in [0.05, 0.1) is 0 Å². The molecule has 46 heavy (non-hydrogen) atoms. The Kier molecular flexibility index (Phi) is 24.8. The van der Waals surface area contributed by atoms with E-state index in [1.54, 1.807) is 48.6 Å². The van der Waals surface area contributed by atoms with Crippen LogP contribution in [0.2, 0.25) is 0 Å². The van der Waals surface area contributed by atoms with Crippen LogP contribution in [0.3, 0.4) is 0 Å². The first-order chi connectivity index (χ1) is 22.2. The van der Waals surface area contributed by atoms with Crippen molar-refractivity contribution in [2.45, 2.75) is 167 Å². The molecule has 1 unspecified atom stereocenters. The van der Waals surface area contributed by atoms with E-state index >= 15 is 0 Å². The van der Waals surface area contributed by atoms with E-state index in [4.69, 9.17) is 0 Å². The summed E-state index contributed by atoms with van der Waals surface area (Å²) in [5.41, 5.74) is 3.19. The van der Waals surface area contributed by atoms with Gasteiger partial charge in [-0.3, -0.25) is 0 Å². The van der Waals surface area contributed by atoms with E-state index in [1.807, 2.05) is 0 Å². The third-order valence-corrected chi connectivity index (χ3v) is 20.1. The van der Waals surface area contributed by atoms with Gasteiger partial charge in [-0.05, 0) is 112 Å². The molecule has 3 saturated carbocycles. The van der Waals surface area contributed by atoms with Gasteiger partial charge >= 0.3 is 0 Å². The fraction of sp³-hybridized carbons (Fsp3) is 0.714. The quantitative estimate of drug-likeness (QED) is 0.182. The predicted molar refractivity (Wildman–Crippen MR) is 225 cm³/mol. The molecule has 0 bridgehead atoms. The molecule has 1 atom stereocenters. The van der Waals surface area contributed by atoms with Crippen LogP contribution in [0.25, 0.3) is 0 Å². The van der Waals surface area contributed by atoms with Crippen molar-refractivity contribution in [1.82, 2.24) is 0 Å². The maximum absolute atomic E-state index is 2.38. The van der Waals surface area contributed by atoms with Crippen LogP contribution < -0.4 is 10.6 Å². The molecule has 262 valence electrons. The van der Waals surface area contributed by atoms with Crippen molar-refractivity contribution in [3.8, 4) is 0 Å². The number of hydrogen-bond acceptors (Lipinski definition) is 0. The van der Waals surface area contributed by atoms with Gasteiger partial charge in [-0.25, -0.2) is 0 Å². The summed E-state index contributed by atoms with van der Waals surface area (Å²) < 4.78 is 0. The standard InChI is InChI=1S/C18H21P.C14H29P.C10H21P.H3P/c1-4-10-16(11-5-1)19(17-12-6-2-7-13-17)18-14-8-3-9-15-18;1-3-5-12-15(13-6-4-2)14-10-8-7-9-11-14;1-3-11(4-2)10-8-6-5-7-9-10;/h1-2,4-7,10-13,18H,3,8-9,14-15H2;14H,3-13H2,1-2H3;10H,3-9H2,1-2H3;1H3. The largest absolute Gasteiger partial charge is 0.153 e. The second-order valence-electron chi connectivity index (χ2n) is 13.9. The minimum Gasteiger partial charge on any atom is -0.153 e. The molecule has 0 saturated heterocycles. The lowest BCUT2D eigenvalue weighted by molar-refractivity contribution is 0.509. The summed E-state index contributed by atoms with van der Waals surface area (Å²) in [5, 5.41) is 3.10. The molecule has 2 aromatic carbocycles. The Morgan fingerprint density at radius 3 is 1.15 bits per heavy atom. The molecule has 3 fully saturated rings. The summed E-state index contributed by atoms with van der Waals surface area (Å²) in [6.07, 6.45) is 34.3. The topological polar surface area (TPSA) is 0 Å². The first-order valence-electron chi connectivity index (χ1n) is 19.6. The van der Waals surface area contributed by atoms with Crippen molar-refractivity contribution in [3.05, 3.63) is 60.7 Å². The van der Waals surface area contributed by atoms with E-state index in [-0.39, 0.29) is 17.8 Å². The highest BCUT2D eigenvalue weighted by Crippen LogP contribution is 2.49. The summed E-state index contributed by atoms with van der Waals surface area (Å²) in [6, 6.07) is 22.3. The van der Waals surface area contributed by atoms with Crippen LogP contribution in [0, 0.1) is 0 Å². The van der Waals surface area contributed by atoms with E-state index in [9.17, 15) is 0 Å². The highest BCUT2D eigenvalue weighted by Gasteiger charge is 2.26. The van der Waals surface area contributed by atoms with Gasteiger partial charge in [-0.15, -0.1) is 15.8 Å². The fourth-order valence-corrected chi connectivity index (χ4v) is 17.0. The summed E-state index contributed by atoms with van der Waals surface area (Å²) in [4.78, 5) is 0. The zero-order valence-electron chi connectivity index (χ0n) is 30.8. The molecule has 0 aliphatic heterocycles. The first kappa shape index (κ1) is 42.3. The summed E-state index contributed by atoms with van der Waals surface area (Å²) in [6.45, 7) is 9.44. The molecule has 3 aliphatic carbocycles. The van der Waals surface area contributed by atoms with Crippen LogP contribution in [-0.4, -0.2) is 41.6 Å². The number of unbranched alkanes of at least 4 members (excludes halogenated alkanes) is 2. The average Bonchev–Trinajstić information content (AvgIpc) is 3.12. The Labute approximate surface area is 295 Å². The van der Waals surface area contributed by atoms with Gasteiger partial charge in [-0.1, -0.05) is 159 Å². The molecule has 0 spiro atoms. The van der Waals surface area contributed by atoms with E-state index in [0.29, 0.717) is 15.8 Å². The van der Waals surface area contributed by atoms with E-state index < -0.39 is 0 Å².